The number of carbonyl (C=O) groups excluding carboxylic acids is 2. The maximum atomic E-state index is 13.0. The molecule has 0 fully saturated rings. The Morgan fingerprint density at radius 2 is 1.86 bits per heavy atom. The number of carbonyl (C=O) groups is 2. The molecule has 0 saturated heterocycles. The highest BCUT2D eigenvalue weighted by Gasteiger charge is 2.40. The second-order valence-corrected chi connectivity index (χ2v) is 6.95. The molecule has 0 aliphatic heterocycles. The van der Waals surface area contributed by atoms with Gasteiger partial charge in [-0.1, -0.05) is 48.0 Å². The normalized spacial score (nSPS) is 19.1. The van der Waals surface area contributed by atoms with Crippen LogP contribution in [0.3, 0.4) is 0 Å². The number of benzene rings is 2. The van der Waals surface area contributed by atoms with E-state index in [1.165, 1.54) is 0 Å². The summed E-state index contributed by atoms with van der Waals surface area (Å²) in [4.78, 5) is 25.7. The highest BCUT2D eigenvalue weighted by Crippen LogP contribution is 2.43. The number of hydrogen-bond donors (Lipinski definition) is 0. The van der Waals surface area contributed by atoms with E-state index in [2.05, 4.69) is 6.07 Å². The summed E-state index contributed by atoms with van der Waals surface area (Å²) in [5.41, 5.74) is 3.94. The molecule has 0 amide bonds. The SMILES string of the molecule is CCOC(=O)[C@@H]1C(=O)C=C(c2cccc(C)c2)C[C@@H]1c1ccccc1OCC. The van der Waals surface area contributed by atoms with Gasteiger partial charge in [-0.3, -0.25) is 9.59 Å². The largest absolute Gasteiger partial charge is 0.494 e. The molecule has 2 atom stereocenters. The minimum absolute atomic E-state index is 0.211. The lowest BCUT2D eigenvalue weighted by Crippen LogP contribution is -2.34. The Hall–Kier alpha value is -2.88. The van der Waals surface area contributed by atoms with Crippen LogP contribution in [0.2, 0.25) is 0 Å². The second kappa shape index (κ2) is 8.87. The fourth-order valence-corrected chi connectivity index (χ4v) is 3.80. The van der Waals surface area contributed by atoms with Gasteiger partial charge in [0.2, 0.25) is 0 Å². The van der Waals surface area contributed by atoms with E-state index < -0.39 is 11.9 Å². The quantitative estimate of drug-likeness (QED) is 0.539. The number of esters is 1. The Labute approximate surface area is 166 Å². The van der Waals surface area contributed by atoms with Crippen molar-refractivity contribution in [3.05, 3.63) is 71.3 Å². The lowest BCUT2D eigenvalue weighted by atomic mass is 9.73. The standard InChI is InChI=1S/C24H26O4/c1-4-27-22-12-7-6-11-19(22)20-14-18(17-10-8-9-16(3)13-17)15-21(25)23(20)24(26)28-5-2/h6-13,15,20,23H,4-5,14H2,1-3H3/t20-,23+/m1/s1. The van der Waals surface area contributed by atoms with Gasteiger partial charge in [0.25, 0.3) is 0 Å². The van der Waals surface area contributed by atoms with E-state index in [9.17, 15) is 9.59 Å². The van der Waals surface area contributed by atoms with Crippen LogP contribution in [-0.4, -0.2) is 25.0 Å². The topological polar surface area (TPSA) is 52.6 Å². The Bertz CT molecular complexity index is 897. The number of para-hydroxylation sites is 1. The van der Waals surface area contributed by atoms with Crippen molar-refractivity contribution in [1.29, 1.82) is 0 Å². The average molecular weight is 378 g/mol. The molecular formula is C24H26O4. The zero-order valence-corrected chi connectivity index (χ0v) is 16.6. The molecule has 1 aliphatic carbocycles. The Balaban J connectivity index is 2.07. The van der Waals surface area contributed by atoms with Crippen LogP contribution in [0.1, 0.15) is 42.9 Å². The summed E-state index contributed by atoms with van der Waals surface area (Å²) in [6.07, 6.45) is 2.18. The molecule has 0 N–H and O–H groups in total. The van der Waals surface area contributed by atoms with Crippen LogP contribution in [0.4, 0.5) is 0 Å². The van der Waals surface area contributed by atoms with Crippen molar-refractivity contribution in [2.24, 2.45) is 5.92 Å². The number of aryl methyl sites for hydroxylation is 1. The average Bonchev–Trinajstić information content (AvgIpc) is 2.68. The van der Waals surface area contributed by atoms with E-state index in [1.807, 2.05) is 56.3 Å². The second-order valence-electron chi connectivity index (χ2n) is 6.95. The first-order valence-electron chi connectivity index (χ1n) is 9.75. The summed E-state index contributed by atoms with van der Waals surface area (Å²) in [5, 5.41) is 0. The molecule has 4 heteroatoms. The lowest BCUT2D eigenvalue weighted by molar-refractivity contribution is -0.151. The molecule has 0 saturated carbocycles. The number of hydrogen-bond acceptors (Lipinski definition) is 4. The molecule has 0 bridgehead atoms. The molecule has 0 radical (unpaired) electrons. The number of ether oxygens (including phenoxy) is 2. The first-order valence-corrected chi connectivity index (χ1v) is 9.75. The molecule has 2 aromatic carbocycles. The van der Waals surface area contributed by atoms with E-state index in [1.54, 1.807) is 13.0 Å². The Morgan fingerprint density at radius 1 is 1.07 bits per heavy atom. The van der Waals surface area contributed by atoms with Crippen molar-refractivity contribution in [1.82, 2.24) is 0 Å². The first kappa shape index (κ1) is 19.9. The highest BCUT2D eigenvalue weighted by atomic mass is 16.5. The third-order valence-corrected chi connectivity index (χ3v) is 5.01. The summed E-state index contributed by atoms with van der Waals surface area (Å²) in [6.45, 7) is 6.46. The van der Waals surface area contributed by atoms with Gasteiger partial charge >= 0.3 is 5.97 Å². The number of rotatable bonds is 6. The summed E-state index contributed by atoms with van der Waals surface area (Å²) in [7, 11) is 0. The van der Waals surface area contributed by atoms with Crippen LogP contribution in [0.25, 0.3) is 5.57 Å². The fraction of sp³-hybridized carbons (Fsp3) is 0.333. The van der Waals surface area contributed by atoms with Gasteiger partial charge < -0.3 is 9.47 Å². The summed E-state index contributed by atoms with van der Waals surface area (Å²) in [6, 6.07) is 15.7. The fourth-order valence-electron chi connectivity index (χ4n) is 3.80. The van der Waals surface area contributed by atoms with Crippen LogP contribution in [-0.2, 0) is 14.3 Å². The minimum Gasteiger partial charge on any atom is -0.494 e. The summed E-state index contributed by atoms with van der Waals surface area (Å²) in [5.74, 6) is -1.15. The van der Waals surface area contributed by atoms with Crippen molar-refractivity contribution in [2.45, 2.75) is 33.1 Å². The van der Waals surface area contributed by atoms with Gasteiger partial charge in [0.15, 0.2) is 5.78 Å². The first-order chi connectivity index (χ1) is 13.5. The smallest absolute Gasteiger partial charge is 0.317 e. The van der Waals surface area contributed by atoms with Gasteiger partial charge in [0, 0.05) is 5.92 Å². The van der Waals surface area contributed by atoms with Crippen LogP contribution in [0.15, 0.2) is 54.6 Å². The molecule has 3 rings (SSSR count). The van der Waals surface area contributed by atoms with Crippen LogP contribution < -0.4 is 4.74 Å². The maximum absolute atomic E-state index is 13.0. The van der Waals surface area contributed by atoms with Crippen molar-refractivity contribution in [3.8, 4) is 5.75 Å². The van der Waals surface area contributed by atoms with E-state index in [4.69, 9.17) is 9.47 Å². The molecule has 4 nitrogen and oxygen atoms in total. The monoisotopic (exact) mass is 378 g/mol. The van der Waals surface area contributed by atoms with Gasteiger partial charge in [-0.25, -0.2) is 0 Å². The molecule has 0 aromatic heterocycles. The predicted molar refractivity (Wildman–Crippen MR) is 109 cm³/mol. The van der Waals surface area contributed by atoms with Crippen LogP contribution in [0, 0.1) is 12.8 Å². The van der Waals surface area contributed by atoms with Crippen molar-refractivity contribution in [2.75, 3.05) is 13.2 Å². The van der Waals surface area contributed by atoms with E-state index in [0.29, 0.717) is 18.8 Å². The number of allylic oxidation sites excluding steroid dienone is 2. The maximum Gasteiger partial charge on any atom is 0.317 e. The van der Waals surface area contributed by atoms with Crippen molar-refractivity contribution >= 4 is 17.3 Å². The van der Waals surface area contributed by atoms with E-state index in [0.717, 1.165) is 22.3 Å². The van der Waals surface area contributed by atoms with Gasteiger partial charge in [-0.05, 0) is 56.0 Å². The van der Waals surface area contributed by atoms with Crippen LogP contribution >= 0.6 is 0 Å². The highest BCUT2D eigenvalue weighted by molar-refractivity contribution is 6.10. The van der Waals surface area contributed by atoms with Crippen LogP contribution in [0.5, 0.6) is 5.75 Å². The predicted octanol–water partition coefficient (Wildman–Crippen LogP) is 4.71. The number of ketones is 1. The molecule has 28 heavy (non-hydrogen) atoms. The third kappa shape index (κ3) is 4.16. The van der Waals surface area contributed by atoms with Gasteiger partial charge in [0.1, 0.15) is 11.7 Å². The van der Waals surface area contributed by atoms with E-state index in [-0.39, 0.29) is 18.3 Å². The van der Waals surface area contributed by atoms with E-state index >= 15 is 0 Å². The zero-order chi connectivity index (χ0) is 20.1. The van der Waals surface area contributed by atoms with Gasteiger partial charge in [-0.15, -0.1) is 0 Å². The van der Waals surface area contributed by atoms with Gasteiger partial charge in [0.05, 0.1) is 13.2 Å². The minimum atomic E-state index is -0.852. The summed E-state index contributed by atoms with van der Waals surface area (Å²) < 4.78 is 11.0. The Kier molecular flexibility index (Phi) is 6.30. The summed E-state index contributed by atoms with van der Waals surface area (Å²) >= 11 is 0. The molecule has 0 unspecified atom stereocenters. The molecular weight excluding hydrogens is 352 g/mol. The lowest BCUT2D eigenvalue weighted by Gasteiger charge is -2.30. The molecule has 146 valence electrons. The van der Waals surface area contributed by atoms with Crippen molar-refractivity contribution in [3.63, 3.8) is 0 Å². The third-order valence-electron chi connectivity index (χ3n) is 5.01. The molecule has 0 spiro atoms. The molecule has 1 aliphatic rings. The molecule has 0 heterocycles. The van der Waals surface area contributed by atoms with Gasteiger partial charge in [-0.2, -0.15) is 0 Å². The van der Waals surface area contributed by atoms with Crippen molar-refractivity contribution < 1.29 is 19.1 Å². The zero-order valence-electron chi connectivity index (χ0n) is 16.6. The molecule has 2 aromatic rings. The Morgan fingerprint density at radius 3 is 2.57 bits per heavy atom.